The SMILES string of the molecule is CC(=O)OC1CC(C)(O)Cc2cc3c(c(O)c21)C(=O)c1c(O)cc2c(c1C3=O)OC1OC2(C)C(O)C(N(C)C)C1O. The fourth-order valence-electron chi connectivity index (χ4n) is 6.86. The topological polar surface area (TPSA) is 183 Å². The van der Waals surface area contributed by atoms with Crippen molar-refractivity contribution < 1.29 is 54.1 Å². The Hall–Kier alpha value is -3.55. The zero-order valence-corrected chi connectivity index (χ0v) is 23.1. The van der Waals surface area contributed by atoms with E-state index < -0.39 is 76.4 Å². The van der Waals surface area contributed by atoms with Gasteiger partial charge >= 0.3 is 5.97 Å². The molecule has 5 N–H and O–H groups in total. The summed E-state index contributed by atoms with van der Waals surface area (Å²) in [6.07, 6.45) is -5.08. The number of phenolic OH excluding ortho intramolecular Hbond substituents is 2. The van der Waals surface area contributed by atoms with E-state index in [9.17, 15) is 39.9 Å². The van der Waals surface area contributed by atoms with Gasteiger partial charge in [0.05, 0.1) is 28.3 Å². The minimum atomic E-state index is -1.53. The average Bonchev–Trinajstić information content (AvgIpc) is 2.84. The number of benzene rings is 2. The van der Waals surface area contributed by atoms with Crippen LogP contribution < -0.4 is 4.74 Å². The summed E-state index contributed by atoms with van der Waals surface area (Å²) < 4.78 is 17.3. The second-order valence-electron chi connectivity index (χ2n) is 12.0. The molecule has 7 unspecified atom stereocenters. The molecule has 0 saturated carbocycles. The lowest BCUT2D eigenvalue weighted by Gasteiger charge is -2.53. The number of carbonyl (C=O) groups is 3. The smallest absolute Gasteiger partial charge is 0.303 e. The summed E-state index contributed by atoms with van der Waals surface area (Å²) in [5.74, 6) is -3.58. The molecule has 4 aliphatic rings. The lowest BCUT2D eigenvalue weighted by molar-refractivity contribution is -0.311. The molecule has 2 aliphatic carbocycles. The number of phenols is 2. The van der Waals surface area contributed by atoms with Crippen LogP contribution in [-0.2, 0) is 26.3 Å². The monoisotopic (exact) mass is 569 g/mol. The van der Waals surface area contributed by atoms with Gasteiger partial charge in [-0.25, -0.2) is 0 Å². The normalized spacial score (nSPS) is 33.3. The summed E-state index contributed by atoms with van der Waals surface area (Å²) in [5.41, 5.74) is -3.61. The summed E-state index contributed by atoms with van der Waals surface area (Å²) in [6.45, 7) is 4.26. The van der Waals surface area contributed by atoms with Gasteiger partial charge in [-0.05, 0) is 45.6 Å². The van der Waals surface area contributed by atoms with E-state index in [1.54, 1.807) is 25.9 Å². The summed E-state index contributed by atoms with van der Waals surface area (Å²) in [5, 5.41) is 55.6. The van der Waals surface area contributed by atoms with Crippen molar-refractivity contribution in [3.8, 4) is 17.2 Å². The predicted octanol–water partition coefficient (Wildman–Crippen LogP) is 0.790. The van der Waals surface area contributed by atoms with Crippen molar-refractivity contribution >= 4 is 17.5 Å². The number of aliphatic hydroxyl groups excluding tert-OH is 2. The van der Waals surface area contributed by atoms with Gasteiger partial charge in [-0.3, -0.25) is 14.4 Å². The van der Waals surface area contributed by atoms with Crippen LogP contribution in [0, 0.1) is 0 Å². The molecular weight excluding hydrogens is 538 g/mol. The number of fused-ring (bicyclic) bond motifs is 8. The van der Waals surface area contributed by atoms with Gasteiger partial charge in [-0.15, -0.1) is 0 Å². The number of hydrogen-bond donors (Lipinski definition) is 5. The third kappa shape index (κ3) is 3.75. The molecule has 12 heteroatoms. The second-order valence-corrected chi connectivity index (χ2v) is 12.0. The number of aromatic hydroxyl groups is 2. The summed E-state index contributed by atoms with van der Waals surface area (Å²) in [7, 11) is 3.34. The maximum Gasteiger partial charge on any atom is 0.303 e. The van der Waals surface area contributed by atoms with Crippen molar-refractivity contribution in [3.63, 3.8) is 0 Å². The van der Waals surface area contributed by atoms with Crippen LogP contribution >= 0.6 is 0 Å². The Morgan fingerprint density at radius 1 is 1.07 bits per heavy atom. The molecule has 218 valence electrons. The van der Waals surface area contributed by atoms with E-state index in [0.717, 1.165) is 0 Å². The van der Waals surface area contributed by atoms with Crippen LogP contribution in [-0.4, -0.2) is 92.2 Å². The van der Waals surface area contributed by atoms with E-state index in [1.165, 1.54) is 26.0 Å². The van der Waals surface area contributed by atoms with Crippen molar-refractivity contribution in [1.29, 1.82) is 0 Å². The van der Waals surface area contributed by atoms with E-state index in [-0.39, 0.29) is 46.4 Å². The Balaban J connectivity index is 1.56. The molecule has 0 aromatic heterocycles. The summed E-state index contributed by atoms with van der Waals surface area (Å²) in [4.78, 5) is 41.4. The van der Waals surface area contributed by atoms with Gasteiger partial charge in [0, 0.05) is 36.5 Å². The molecule has 2 heterocycles. The van der Waals surface area contributed by atoms with Crippen molar-refractivity contribution in [3.05, 3.63) is 51.1 Å². The van der Waals surface area contributed by atoms with Crippen molar-refractivity contribution in [1.82, 2.24) is 4.90 Å². The maximum atomic E-state index is 14.1. The Labute approximate surface area is 234 Å². The lowest BCUT2D eigenvalue weighted by atomic mass is 9.72. The largest absolute Gasteiger partial charge is 0.507 e. The number of carbonyl (C=O) groups excluding carboxylic acids is 3. The summed E-state index contributed by atoms with van der Waals surface area (Å²) in [6, 6.07) is 1.74. The molecule has 41 heavy (non-hydrogen) atoms. The van der Waals surface area contributed by atoms with E-state index in [1.807, 2.05) is 0 Å². The van der Waals surface area contributed by atoms with Crippen LogP contribution in [0.2, 0.25) is 0 Å². The Morgan fingerprint density at radius 3 is 2.39 bits per heavy atom. The highest BCUT2D eigenvalue weighted by Gasteiger charge is 2.59. The van der Waals surface area contributed by atoms with E-state index >= 15 is 0 Å². The first-order valence-electron chi connectivity index (χ1n) is 13.2. The molecule has 2 bridgehead atoms. The van der Waals surface area contributed by atoms with E-state index in [0.29, 0.717) is 5.56 Å². The van der Waals surface area contributed by atoms with Gasteiger partial charge in [-0.2, -0.15) is 0 Å². The molecule has 1 fully saturated rings. The highest BCUT2D eigenvalue weighted by atomic mass is 16.7. The fraction of sp³-hybridized carbons (Fsp3) is 0.483. The number of hydrogen-bond acceptors (Lipinski definition) is 12. The lowest BCUT2D eigenvalue weighted by Crippen LogP contribution is -2.68. The van der Waals surface area contributed by atoms with Crippen LogP contribution in [0.3, 0.4) is 0 Å². The number of nitrogens with zero attached hydrogens (tertiary/aromatic N) is 1. The molecule has 6 rings (SSSR count). The molecule has 0 radical (unpaired) electrons. The Kier molecular flexibility index (Phi) is 5.88. The third-order valence-corrected chi connectivity index (χ3v) is 8.68. The quantitative estimate of drug-likeness (QED) is 0.274. The van der Waals surface area contributed by atoms with E-state index in [2.05, 4.69) is 0 Å². The minimum absolute atomic E-state index is 0.00219. The molecule has 2 aromatic rings. The molecule has 0 amide bonds. The van der Waals surface area contributed by atoms with Crippen LogP contribution in [0.5, 0.6) is 17.2 Å². The van der Waals surface area contributed by atoms with Crippen LogP contribution in [0.15, 0.2) is 12.1 Å². The maximum absolute atomic E-state index is 14.1. The first-order valence-corrected chi connectivity index (χ1v) is 13.2. The highest BCUT2D eigenvalue weighted by molar-refractivity contribution is 6.31. The molecule has 7 atom stereocenters. The van der Waals surface area contributed by atoms with Crippen LogP contribution in [0.1, 0.15) is 81.8 Å². The van der Waals surface area contributed by atoms with Crippen molar-refractivity contribution in [2.75, 3.05) is 14.1 Å². The molecule has 12 nitrogen and oxygen atoms in total. The molecule has 0 spiro atoms. The summed E-state index contributed by atoms with van der Waals surface area (Å²) >= 11 is 0. The number of ketones is 2. The first-order chi connectivity index (χ1) is 19.1. The molecule has 1 saturated heterocycles. The van der Waals surface area contributed by atoms with Crippen LogP contribution in [0.4, 0.5) is 0 Å². The Bertz CT molecular complexity index is 1550. The van der Waals surface area contributed by atoms with Crippen molar-refractivity contribution in [2.24, 2.45) is 0 Å². The van der Waals surface area contributed by atoms with Gasteiger partial charge in [0.2, 0.25) is 12.1 Å². The van der Waals surface area contributed by atoms with Crippen molar-refractivity contribution in [2.45, 2.75) is 75.5 Å². The predicted molar refractivity (Wildman–Crippen MR) is 139 cm³/mol. The number of esters is 1. The Morgan fingerprint density at radius 2 is 1.76 bits per heavy atom. The second kappa shape index (κ2) is 8.73. The standard InChI is InChI=1S/C29H31NO11/c1-10(31)39-15-9-28(2,38)8-11-6-12-17(22(34)16(11)15)23(35)18-14(32)7-13-25(19(18)21(12)33)40-27-24(36)20(30(4)5)26(37)29(13,3)41-27/h6-7,15,20,24,26-27,32,34,36-38H,8-9H2,1-5H3. The number of rotatable bonds is 2. The number of likely N-dealkylation sites (N-methyl/N-ethyl adjacent to an activating group) is 1. The highest BCUT2D eigenvalue weighted by Crippen LogP contribution is 2.54. The van der Waals surface area contributed by atoms with Gasteiger partial charge < -0.3 is 44.6 Å². The van der Waals surface area contributed by atoms with Crippen LogP contribution in [0.25, 0.3) is 0 Å². The zero-order chi connectivity index (χ0) is 29.9. The van der Waals surface area contributed by atoms with Gasteiger partial charge in [0.25, 0.3) is 0 Å². The van der Waals surface area contributed by atoms with Gasteiger partial charge in [-0.1, -0.05) is 0 Å². The van der Waals surface area contributed by atoms with E-state index in [4.69, 9.17) is 14.2 Å². The van der Waals surface area contributed by atoms with Gasteiger partial charge in [0.1, 0.15) is 41.2 Å². The molecular formula is C29H31NO11. The third-order valence-electron chi connectivity index (χ3n) is 8.68. The minimum Gasteiger partial charge on any atom is -0.507 e. The average molecular weight is 570 g/mol. The number of aliphatic hydroxyl groups is 3. The fourth-order valence-corrected chi connectivity index (χ4v) is 6.86. The number of ether oxygens (including phenoxy) is 3. The first kappa shape index (κ1) is 27.6. The molecule has 2 aliphatic heterocycles. The molecule has 2 aromatic carbocycles. The zero-order valence-electron chi connectivity index (χ0n) is 23.1. The van der Waals surface area contributed by atoms with Gasteiger partial charge in [0.15, 0.2) is 5.78 Å².